The Bertz CT molecular complexity index is 643. The van der Waals surface area contributed by atoms with Crippen molar-refractivity contribution >= 4 is 17.3 Å². The number of benzene rings is 1. The zero-order chi connectivity index (χ0) is 18.1. The molecule has 0 spiro atoms. The summed E-state index contributed by atoms with van der Waals surface area (Å²) in [6, 6.07) is 10.1. The van der Waals surface area contributed by atoms with Crippen LogP contribution >= 0.6 is 11.3 Å². The van der Waals surface area contributed by atoms with Crippen LogP contribution in [0.3, 0.4) is 0 Å². The molecule has 0 amide bonds. The second-order valence-electron chi connectivity index (χ2n) is 6.06. The number of hydrogen-bond acceptors (Lipinski definition) is 3. The van der Waals surface area contributed by atoms with Gasteiger partial charge in [0, 0.05) is 24.5 Å². The first-order valence-corrected chi connectivity index (χ1v) is 9.44. The number of guanidine groups is 1. The van der Waals surface area contributed by atoms with Gasteiger partial charge in [0.15, 0.2) is 5.96 Å². The van der Waals surface area contributed by atoms with E-state index in [-0.39, 0.29) is 5.82 Å². The zero-order valence-corrected chi connectivity index (χ0v) is 15.5. The van der Waals surface area contributed by atoms with Crippen molar-refractivity contribution in [2.24, 2.45) is 10.9 Å². The van der Waals surface area contributed by atoms with E-state index in [1.807, 2.05) is 6.92 Å². The fourth-order valence-electron chi connectivity index (χ4n) is 2.42. The third kappa shape index (κ3) is 6.84. The molecule has 0 fully saturated rings. The van der Waals surface area contributed by atoms with Crippen molar-refractivity contribution in [2.75, 3.05) is 19.6 Å². The highest BCUT2D eigenvalue weighted by atomic mass is 32.1. The summed E-state index contributed by atoms with van der Waals surface area (Å²) in [6.45, 7) is 5.96. The van der Waals surface area contributed by atoms with E-state index in [4.69, 9.17) is 0 Å². The van der Waals surface area contributed by atoms with Crippen molar-refractivity contribution in [3.63, 3.8) is 0 Å². The minimum atomic E-state index is -0.715. The van der Waals surface area contributed by atoms with Crippen LogP contribution in [0.1, 0.15) is 30.4 Å². The van der Waals surface area contributed by atoms with Gasteiger partial charge in [-0.3, -0.25) is 4.99 Å². The van der Waals surface area contributed by atoms with Crippen molar-refractivity contribution in [3.8, 4) is 0 Å². The molecule has 2 rings (SSSR count). The first-order valence-electron chi connectivity index (χ1n) is 8.56. The van der Waals surface area contributed by atoms with E-state index in [1.165, 1.54) is 17.0 Å². The van der Waals surface area contributed by atoms with E-state index in [2.05, 4.69) is 40.1 Å². The van der Waals surface area contributed by atoms with Crippen LogP contribution in [0.25, 0.3) is 0 Å². The summed E-state index contributed by atoms with van der Waals surface area (Å²) in [5.41, 5.74) is 0.677. The second-order valence-corrected chi connectivity index (χ2v) is 7.09. The second kappa shape index (κ2) is 10.2. The summed E-state index contributed by atoms with van der Waals surface area (Å²) >= 11 is 1.77. The number of halogens is 1. The monoisotopic (exact) mass is 363 g/mol. The molecule has 0 aliphatic carbocycles. The van der Waals surface area contributed by atoms with Crippen LogP contribution in [0.15, 0.2) is 46.8 Å². The van der Waals surface area contributed by atoms with Crippen LogP contribution in [-0.4, -0.2) is 30.7 Å². The topological polar surface area (TPSA) is 56.7 Å². The first-order chi connectivity index (χ1) is 12.1. The number of aliphatic imine (C=N–C) groups is 1. The third-order valence-electron chi connectivity index (χ3n) is 3.75. The standard InChI is InChI=1S/C19H26FN3OS/c1-3-21-19(22-12-14(2)11-17-5-4-10-25-17)23-13-18(24)15-6-8-16(20)9-7-15/h4-10,14,18,24H,3,11-13H2,1-2H3,(H2,21,22,23). The molecule has 1 aromatic heterocycles. The Kier molecular flexibility index (Phi) is 7.88. The summed E-state index contributed by atoms with van der Waals surface area (Å²) < 4.78 is 13.0. The van der Waals surface area contributed by atoms with Gasteiger partial charge in [0.2, 0.25) is 0 Å². The number of aliphatic hydroxyl groups excluding tert-OH is 1. The van der Waals surface area contributed by atoms with Crippen LogP contribution in [0.2, 0.25) is 0 Å². The van der Waals surface area contributed by atoms with Crippen LogP contribution in [0, 0.1) is 11.7 Å². The number of thiophene rings is 1. The molecule has 25 heavy (non-hydrogen) atoms. The number of nitrogens with zero attached hydrogens (tertiary/aromatic N) is 1. The molecule has 2 aromatic rings. The molecule has 0 aliphatic rings. The Morgan fingerprint density at radius 1 is 1.24 bits per heavy atom. The molecule has 0 bridgehead atoms. The number of aliphatic hydroxyl groups is 1. The average molecular weight is 364 g/mol. The molecule has 0 saturated carbocycles. The van der Waals surface area contributed by atoms with Gasteiger partial charge in [0.25, 0.3) is 0 Å². The van der Waals surface area contributed by atoms with E-state index < -0.39 is 6.10 Å². The predicted octanol–water partition coefficient (Wildman–Crippen LogP) is 3.35. The first kappa shape index (κ1) is 19.4. The highest BCUT2D eigenvalue weighted by Gasteiger charge is 2.09. The Hall–Kier alpha value is -1.92. The van der Waals surface area contributed by atoms with E-state index in [9.17, 15) is 9.50 Å². The number of rotatable bonds is 8. The van der Waals surface area contributed by atoms with Crippen molar-refractivity contribution in [3.05, 3.63) is 58.0 Å². The van der Waals surface area contributed by atoms with Gasteiger partial charge >= 0.3 is 0 Å². The maximum absolute atomic E-state index is 13.0. The lowest BCUT2D eigenvalue weighted by Gasteiger charge is -2.16. The Labute approximate surface area is 152 Å². The van der Waals surface area contributed by atoms with Crippen LogP contribution < -0.4 is 10.6 Å². The maximum atomic E-state index is 13.0. The van der Waals surface area contributed by atoms with Gasteiger partial charge in [-0.2, -0.15) is 0 Å². The predicted molar refractivity (Wildman–Crippen MR) is 103 cm³/mol. The molecule has 2 atom stereocenters. The Balaban J connectivity index is 1.85. The smallest absolute Gasteiger partial charge is 0.191 e. The van der Waals surface area contributed by atoms with Gasteiger partial charge in [0.1, 0.15) is 5.82 Å². The molecule has 136 valence electrons. The van der Waals surface area contributed by atoms with Gasteiger partial charge in [-0.1, -0.05) is 25.1 Å². The molecule has 0 aliphatic heterocycles. The summed E-state index contributed by atoms with van der Waals surface area (Å²) in [5, 5.41) is 18.6. The van der Waals surface area contributed by atoms with Crippen LogP contribution in [0.4, 0.5) is 4.39 Å². The fourth-order valence-corrected chi connectivity index (χ4v) is 3.29. The van der Waals surface area contributed by atoms with Gasteiger partial charge in [-0.25, -0.2) is 4.39 Å². The lowest BCUT2D eigenvalue weighted by atomic mass is 10.1. The van der Waals surface area contributed by atoms with Gasteiger partial charge in [0.05, 0.1) is 6.10 Å². The van der Waals surface area contributed by atoms with Gasteiger partial charge < -0.3 is 15.7 Å². The molecule has 1 heterocycles. The van der Waals surface area contributed by atoms with E-state index in [1.54, 1.807) is 23.5 Å². The highest BCUT2D eigenvalue weighted by molar-refractivity contribution is 7.09. The summed E-state index contributed by atoms with van der Waals surface area (Å²) in [6.07, 6.45) is 0.298. The summed E-state index contributed by atoms with van der Waals surface area (Å²) in [5.74, 6) is 0.816. The molecule has 2 unspecified atom stereocenters. The van der Waals surface area contributed by atoms with E-state index >= 15 is 0 Å². The minimum Gasteiger partial charge on any atom is -0.387 e. The molecular formula is C19H26FN3OS. The highest BCUT2D eigenvalue weighted by Crippen LogP contribution is 2.15. The van der Waals surface area contributed by atoms with Crippen molar-refractivity contribution < 1.29 is 9.50 Å². The third-order valence-corrected chi connectivity index (χ3v) is 4.65. The number of hydrogen-bond donors (Lipinski definition) is 3. The molecule has 3 N–H and O–H groups in total. The average Bonchev–Trinajstić information content (AvgIpc) is 3.10. The van der Waals surface area contributed by atoms with Gasteiger partial charge in [-0.05, 0) is 48.4 Å². The van der Waals surface area contributed by atoms with Crippen LogP contribution in [-0.2, 0) is 6.42 Å². The SMILES string of the molecule is CCNC(=NCC(C)Cc1cccs1)NCC(O)c1ccc(F)cc1. The lowest BCUT2D eigenvalue weighted by Crippen LogP contribution is -2.39. The number of nitrogens with one attached hydrogen (secondary N) is 2. The normalized spacial score (nSPS) is 14.2. The summed E-state index contributed by atoms with van der Waals surface area (Å²) in [4.78, 5) is 5.97. The largest absolute Gasteiger partial charge is 0.387 e. The molecule has 0 saturated heterocycles. The van der Waals surface area contributed by atoms with E-state index in [0.29, 0.717) is 30.5 Å². The molecule has 0 radical (unpaired) electrons. The van der Waals surface area contributed by atoms with Crippen molar-refractivity contribution in [1.29, 1.82) is 0 Å². The Morgan fingerprint density at radius 3 is 2.64 bits per heavy atom. The van der Waals surface area contributed by atoms with Crippen molar-refractivity contribution in [2.45, 2.75) is 26.4 Å². The lowest BCUT2D eigenvalue weighted by molar-refractivity contribution is 0.180. The minimum absolute atomic E-state index is 0.307. The molecule has 4 nitrogen and oxygen atoms in total. The van der Waals surface area contributed by atoms with Crippen LogP contribution in [0.5, 0.6) is 0 Å². The quantitative estimate of drug-likeness (QED) is 0.498. The van der Waals surface area contributed by atoms with Crippen molar-refractivity contribution in [1.82, 2.24) is 10.6 Å². The molecule has 1 aromatic carbocycles. The molecular weight excluding hydrogens is 337 g/mol. The Morgan fingerprint density at radius 2 is 2.00 bits per heavy atom. The van der Waals surface area contributed by atoms with Gasteiger partial charge in [-0.15, -0.1) is 11.3 Å². The summed E-state index contributed by atoms with van der Waals surface area (Å²) in [7, 11) is 0. The fraction of sp³-hybridized carbons (Fsp3) is 0.421. The molecule has 6 heteroatoms. The van der Waals surface area contributed by atoms with E-state index in [0.717, 1.165) is 13.0 Å². The maximum Gasteiger partial charge on any atom is 0.191 e. The zero-order valence-electron chi connectivity index (χ0n) is 14.7.